The molecule has 3 aromatic carbocycles. The van der Waals surface area contributed by atoms with Crippen molar-refractivity contribution in [2.24, 2.45) is 10.2 Å². The normalized spacial score (nSPS) is 15.0. The molecule has 1 aromatic heterocycles. The molecule has 4 aromatic rings. The van der Waals surface area contributed by atoms with Gasteiger partial charge in [0, 0.05) is 23.8 Å². The first-order valence-electron chi connectivity index (χ1n) is 11.7. The lowest BCUT2D eigenvalue weighted by atomic mass is 9.98. The van der Waals surface area contributed by atoms with Crippen molar-refractivity contribution >= 4 is 35.1 Å². The van der Waals surface area contributed by atoms with Gasteiger partial charge in [-0.25, -0.2) is 5.43 Å². The Morgan fingerprint density at radius 2 is 1.81 bits per heavy atom. The highest BCUT2D eigenvalue weighted by atomic mass is 35.5. The summed E-state index contributed by atoms with van der Waals surface area (Å²) in [6.45, 7) is 0. The summed E-state index contributed by atoms with van der Waals surface area (Å²) >= 11 is 6.10. The van der Waals surface area contributed by atoms with Crippen LogP contribution in [0.5, 0.6) is 5.75 Å². The van der Waals surface area contributed by atoms with Crippen molar-refractivity contribution in [2.45, 2.75) is 12.5 Å². The van der Waals surface area contributed by atoms with E-state index < -0.39 is 0 Å². The van der Waals surface area contributed by atoms with Gasteiger partial charge in [-0.15, -0.1) is 0 Å². The van der Waals surface area contributed by atoms with Gasteiger partial charge in [0.25, 0.3) is 5.91 Å². The number of carbonyl (C=O) groups excluding carboxylic acids is 1. The minimum absolute atomic E-state index is 0.0230. The van der Waals surface area contributed by atoms with Crippen LogP contribution in [0.4, 0.5) is 5.69 Å². The van der Waals surface area contributed by atoms with Gasteiger partial charge >= 0.3 is 0 Å². The van der Waals surface area contributed by atoms with E-state index in [1.54, 1.807) is 31.7 Å². The molecule has 7 nitrogen and oxygen atoms in total. The Bertz CT molecular complexity index is 1420. The molecule has 5 rings (SSSR count). The molecule has 0 radical (unpaired) electrons. The molecular weight excluding hydrogens is 486 g/mol. The van der Waals surface area contributed by atoms with Gasteiger partial charge in [0.1, 0.15) is 5.75 Å². The minimum Gasteiger partial charge on any atom is -0.497 e. The Kier molecular flexibility index (Phi) is 7.23. The van der Waals surface area contributed by atoms with E-state index in [2.05, 4.69) is 27.6 Å². The zero-order chi connectivity index (χ0) is 25.6. The number of hydrogen-bond donors (Lipinski definition) is 1. The highest BCUT2D eigenvalue weighted by Gasteiger charge is 2.30. The topological polar surface area (TPSA) is 79.2 Å². The predicted molar refractivity (Wildman–Crippen MR) is 147 cm³/mol. The molecule has 2 heterocycles. The summed E-state index contributed by atoms with van der Waals surface area (Å²) in [5.41, 5.74) is 7.92. The van der Waals surface area contributed by atoms with Gasteiger partial charge in [0.2, 0.25) is 0 Å². The average molecular weight is 510 g/mol. The van der Waals surface area contributed by atoms with E-state index in [1.807, 2.05) is 65.7 Å². The third-order valence-electron chi connectivity index (χ3n) is 6.05. The highest BCUT2D eigenvalue weighted by molar-refractivity contribution is 6.30. The van der Waals surface area contributed by atoms with Crippen LogP contribution in [0.15, 0.2) is 108 Å². The van der Waals surface area contributed by atoms with E-state index in [0.29, 0.717) is 10.6 Å². The van der Waals surface area contributed by atoms with Gasteiger partial charge in [-0.3, -0.25) is 14.8 Å². The van der Waals surface area contributed by atoms with E-state index in [9.17, 15) is 4.79 Å². The largest absolute Gasteiger partial charge is 0.497 e. The second-order valence-corrected chi connectivity index (χ2v) is 8.86. The monoisotopic (exact) mass is 509 g/mol. The summed E-state index contributed by atoms with van der Waals surface area (Å²) < 4.78 is 5.33. The maximum Gasteiger partial charge on any atom is 0.272 e. The van der Waals surface area contributed by atoms with Gasteiger partial charge in [0.15, 0.2) is 0 Å². The number of aromatic nitrogens is 1. The molecule has 0 spiro atoms. The number of hydrogen-bond acceptors (Lipinski definition) is 6. The molecule has 1 amide bonds. The van der Waals surface area contributed by atoms with Gasteiger partial charge < -0.3 is 4.74 Å². The van der Waals surface area contributed by atoms with Crippen LogP contribution in [-0.4, -0.2) is 29.9 Å². The summed E-state index contributed by atoms with van der Waals surface area (Å²) in [6, 6.07) is 27.1. The number of anilines is 1. The first-order chi connectivity index (χ1) is 18.1. The number of carbonyl (C=O) groups is 1. The van der Waals surface area contributed by atoms with E-state index in [1.165, 1.54) is 6.20 Å². The Morgan fingerprint density at radius 1 is 1.05 bits per heavy atom. The predicted octanol–water partition coefficient (Wildman–Crippen LogP) is 5.86. The molecular formula is C29H24ClN5O2. The van der Waals surface area contributed by atoms with Crippen molar-refractivity contribution in [1.29, 1.82) is 0 Å². The van der Waals surface area contributed by atoms with Crippen LogP contribution in [-0.2, 0) is 0 Å². The number of benzene rings is 3. The van der Waals surface area contributed by atoms with Crippen molar-refractivity contribution < 1.29 is 9.53 Å². The zero-order valence-corrected chi connectivity index (χ0v) is 20.8. The molecule has 0 bridgehead atoms. The first-order valence-corrected chi connectivity index (χ1v) is 12.1. The average Bonchev–Trinajstić information content (AvgIpc) is 3.40. The maximum atomic E-state index is 12.1. The summed E-state index contributed by atoms with van der Waals surface area (Å²) in [7, 11) is 1.66. The minimum atomic E-state index is -0.315. The van der Waals surface area contributed by atoms with Crippen molar-refractivity contribution in [3.63, 3.8) is 0 Å². The van der Waals surface area contributed by atoms with Gasteiger partial charge in [-0.2, -0.15) is 10.2 Å². The number of amides is 1. The van der Waals surface area contributed by atoms with E-state index in [0.717, 1.165) is 40.3 Å². The van der Waals surface area contributed by atoms with Crippen molar-refractivity contribution in [3.05, 3.63) is 125 Å². The van der Waals surface area contributed by atoms with Crippen molar-refractivity contribution in [3.8, 4) is 5.75 Å². The summed E-state index contributed by atoms with van der Waals surface area (Å²) in [6.07, 6.45) is 5.46. The number of rotatable bonds is 7. The number of nitrogens with zero attached hydrogens (tertiary/aromatic N) is 4. The standard InChI is InChI=1S/C29H24ClN5O2/c1-37-26-14-8-22(9-15-26)28-17-27(21-6-10-24(30)11-7-21)34-35(28)25-12-4-20(5-13-25)18-32-33-29(36)23-3-2-16-31-19-23/h2-16,18-19,28H,17H2,1H3,(H,33,36)/b32-18+. The fraction of sp³-hybridized carbons (Fsp3) is 0.103. The fourth-order valence-corrected chi connectivity index (χ4v) is 4.22. The van der Waals surface area contributed by atoms with Gasteiger partial charge in [0.05, 0.1) is 36.3 Å². The maximum absolute atomic E-state index is 12.1. The van der Waals surface area contributed by atoms with E-state index >= 15 is 0 Å². The van der Waals surface area contributed by atoms with Crippen LogP contribution in [0.25, 0.3) is 0 Å². The fourth-order valence-electron chi connectivity index (χ4n) is 4.09. The van der Waals surface area contributed by atoms with E-state index in [4.69, 9.17) is 21.4 Å². The number of pyridine rings is 1. The molecule has 0 fully saturated rings. The Labute approximate surface area is 220 Å². The van der Waals surface area contributed by atoms with E-state index in [-0.39, 0.29) is 11.9 Å². The summed E-state index contributed by atoms with van der Waals surface area (Å²) in [5, 5.41) is 11.8. The molecule has 1 N–H and O–H groups in total. The lowest BCUT2D eigenvalue weighted by Gasteiger charge is -2.24. The van der Waals surface area contributed by atoms with Crippen molar-refractivity contribution in [1.82, 2.24) is 10.4 Å². The third kappa shape index (κ3) is 5.68. The Balaban J connectivity index is 1.36. The van der Waals surface area contributed by atoms with Crippen LogP contribution >= 0.6 is 11.6 Å². The number of nitrogens with one attached hydrogen (secondary N) is 1. The Morgan fingerprint density at radius 3 is 2.49 bits per heavy atom. The zero-order valence-electron chi connectivity index (χ0n) is 20.1. The van der Waals surface area contributed by atoms with Crippen LogP contribution in [0.1, 0.15) is 39.5 Å². The lowest BCUT2D eigenvalue weighted by Crippen LogP contribution is -2.18. The first kappa shape index (κ1) is 24.2. The molecule has 0 saturated carbocycles. The molecule has 1 aliphatic rings. The molecule has 1 unspecified atom stereocenters. The van der Waals surface area contributed by atoms with Crippen molar-refractivity contribution in [2.75, 3.05) is 12.1 Å². The SMILES string of the molecule is COc1ccc(C2CC(c3ccc(Cl)cc3)=NN2c2ccc(/C=N/NC(=O)c3cccnc3)cc2)cc1. The summed E-state index contributed by atoms with van der Waals surface area (Å²) in [4.78, 5) is 16.1. The molecule has 184 valence electrons. The number of halogens is 1. The highest BCUT2D eigenvalue weighted by Crippen LogP contribution is 2.37. The molecule has 37 heavy (non-hydrogen) atoms. The second-order valence-electron chi connectivity index (χ2n) is 8.42. The molecule has 0 aliphatic carbocycles. The van der Waals surface area contributed by atoms with Crippen LogP contribution in [0.3, 0.4) is 0 Å². The number of ether oxygens (including phenoxy) is 1. The van der Waals surface area contributed by atoms with Crippen LogP contribution in [0.2, 0.25) is 5.02 Å². The van der Waals surface area contributed by atoms with Crippen LogP contribution in [0, 0.1) is 0 Å². The molecule has 1 atom stereocenters. The quantitative estimate of drug-likeness (QED) is 0.250. The molecule has 1 aliphatic heterocycles. The number of methoxy groups -OCH3 is 1. The van der Waals surface area contributed by atoms with Gasteiger partial charge in [-0.05, 0) is 65.2 Å². The second kappa shape index (κ2) is 11.1. The number of hydrazone groups is 2. The molecule has 0 saturated heterocycles. The Hall–Kier alpha value is -4.49. The summed E-state index contributed by atoms with van der Waals surface area (Å²) in [5.74, 6) is 0.496. The van der Waals surface area contributed by atoms with Crippen LogP contribution < -0.4 is 15.2 Å². The molecule has 8 heteroatoms. The van der Waals surface area contributed by atoms with Gasteiger partial charge in [-0.1, -0.05) is 48.0 Å². The third-order valence-corrected chi connectivity index (χ3v) is 6.30. The lowest BCUT2D eigenvalue weighted by molar-refractivity contribution is 0.0955. The smallest absolute Gasteiger partial charge is 0.272 e.